The molecule has 0 aliphatic carbocycles. The summed E-state index contributed by atoms with van der Waals surface area (Å²) in [6.45, 7) is 3.18. The van der Waals surface area contributed by atoms with Crippen LogP contribution in [0.5, 0.6) is 0 Å². The van der Waals surface area contributed by atoms with Crippen LogP contribution in [-0.4, -0.2) is 5.78 Å². The molecule has 0 radical (unpaired) electrons. The largest absolute Gasteiger partial charge is 0.417 e. The Labute approximate surface area is 89.2 Å². The molecule has 0 heterocycles. The van der Waals surface area contributed by atoms with Crippen molar-refractivity contribution in [1.82, 2.24) is 0 Å². The maximum absolute atomic E-state index is 12.4. The summed E-state index contributed by atoms with van der Waals surface area (Å²) in [6, 6.07) is 3.18. The molecule has 0 atom stereocenters. The lowest BCUT2D eigenvalue weighted by molar-refractivity contribution is -0.137. The van der Waals surface area contributed by atoms with Crippen molar-refractivity contribution in [2.24, 2.45) is 0 Å². The zero-order chi connectivity index (χ0) is 11.6. The smallest absolute Gasteiger partial charge is 0.289 e. The Hall–Kier alpha value is -1.29. The number of carbonyl (C=O) groups is 1. The monoisotopic (exact) mass is 234 g/mol. The maximum Gasteiger partial charge on any atom is 0.417 e. The average Bonchev–Trinajstić information content (AvgIpc) is 2.15. The highest BCUT2D eigenvalue weighted by Crippen LogP contribution is 2.36. The molecule has 0 saturated heterocycles. The van der Waals surface area contributed by atoms with Gasteiger partial charge in [0.15, 0.2) is 5.78 Å². The van der Waals surface area contributed by atoms with Crippen LogP contribution in [-0.2, 0) is 6.18 Å². The number of allylic oxidation sites excluding steroid dienone is 1. The van der Waals surface area contributed by atoms with Gasteiger partial charge in [-0.25, -0.2) is 0 Å². The quantitative estimate of drug-likeness (QED) is 0.563. The van der Waals surface area contributed by atoms with Crippen LogP contribution in [0, 0.1) is 0 Å². The molecule has 0 aliphatic heterocycles. The molecule has 5 heteroatoms. The highest BCUT2D eigenvalue weighted by atomic mass is 35.5. The number of rotatable bonds is 2. The van der Waals surface area contributed by atoms with Crippen LogP contribution in [0.15, 0.2) is 30.9 Å². The molecule has 0 aliphatic rings. The molecule has 1 aromatic carbocycles. The molecule has 0 spiro atoms. The van der Waals surface area contributed by atoms with Crippen LogP contribution in [0.1, 0.15) is 15.9 Å². The van der Waals surface area contributed by atoms with Gasteiger partial charge >= 0.3 is 6.18 Å². The van der Waals surface area contributed by atoms with Gasteiger partial charge in [0.05, 0.1) is 10.6 Å². The first-order valence-corrected chi connectivity index (χ1v) is 4.28. The van der Waals surface area contributed by atoms with Crippen molar-refractivity contribution >= 4 is 17.4 Å². The fraction of sp³-hybridized carbons (Fsp3) is 0.100. The van der Waals surface area contributed by atoms with Crippen LogP contribution in [0.2, 0.25) is 5.02 Å². The summed E-state index contributed by atoms with van der Waals surface area (Å²) in [6.07, 6.45) is -3.64. The van der Waals surface area contributed by atoms with Crippen molar-refractivity contribution in [3.8, 4) is 0 Å². The lowest BCUT2D eigenvalue weighted by Gasteiger charge is -2.10. The van der Waals surface area contributed by atoms with Crippen LogP contribution < -0.4 is 0 Å². The molecule has 15 heavy (non-hydrogen) atoms. The fourth-order valence-electron chi connectivity index (χ4n) is 1.05. The number of hydrogen-bond acceptors (Lipinski definition) is 1. The summed E-state index contributed by atoms with van der Waals surface area (Å²) in [7, 11) is 0. The van der Waals surface area contributed by atoms with Crippen LogP contribution >= 0.6 is 11.6 Å². The van der Waals surface area contributed by atoms with Crippen LogP contribution in [0.25, 0.3) is 0 Å². The zero-order valence-corrected chi connectivity index (χ0v) is 8.19. The van der Waals surface area contributed by atoms with E-state index >= 15 is 0 Å². The van der Waals surface area contributed by atoms with Crippen molar-refractivity contribution in [3.05, 3.63) is 47.0 Å². The zero-order valence-electron chi connectivity index (χ0n) is 7.44. The number of alkyl halides is 3. The second-order valence-electron chi connectivity index (χ2n) is 2.73. The van der Waals surface area contributed by atoms with Crippen molar-refractivity contribution in [2.45, 2.75) is 6.18 Å². The van der Waals surface area contributed by atoms with Gasteiger partial charge in [-0.05, 0) is 18.2 Å². The number of halogens is 4. The minimum Gasteiger partial charge on any atom is -0.289 e. The number of carbonyl (C=O) groups excluding carboxylic acids is 1. The molecule has 80 valence electrons. The van der Waals surface area contributed by atoms with Gasteiger partial charge in [0.1, 0.15) is 0 Å². The Morgan fingerprint density at radius 3 is 2.47 bits per heavy atom. The minimum atomic E-state index is -4.56. The first-order chi connectivity index (χ1) is 6.88. The number of hydrogen-bond donors (Lipinski definition) is 0. The SMILES string of the molecule is C=CC(=O)c1cccc(C(F)(F)F)c1Cl. The van der Waals surface area contributed by atoms with E-state index in [0.29, 0.717) is 0 Å². The summed E-state index contributed by atoms with van der Waals surface area (Å²) < 4.78 is 37.1. The lowest BCUT2D eigenvalue weighted by Crippen LogP contribution is -2.08. The molecule has 0 amide bonds. The van der Waals surface area contributed by atoms with E-state index < -0.39 is 22.5 Å². The Balaban J connectivity index is 3.36. The van der Waals surface area contributed by atoms with E-state index in [4.69, 9.17) is 11.6 Å². The van der Waals surface area contributed by atoms with E-state index in [9.17, 15) is 18.0 Å². The molecule has 0 fully saturated rings. The molecule has 0 N–H and O–H groups in total. The van der Waals surface area contributed by atoms with Gasteiger partial charge in [-0.1, -0.05) is 24.2 Å². The summed E-state index contributed by atoms with van der Waals surface area (Å²) in [4.78, 5) is 11.1. The van der Waals surface area contributed by atoms with Crippen molar-refractivity contribution in [1.29, 1.82) is 0 Å². The van der Waals surface area contributed by atoms with Gasteiger partial charge < -0.3 is 0 Å². The lowest BCUT2D eigenvalue weighted by atomic mass is 10.1. The highest BCUT2D eigenvalue weighted by molar-refractivity contribution is 6.35. The normalized spacial score (nSPS) is 11.2. The number of ketones is 1. The fourth-order valence-corrected chi connectivity index (χ4v) is 1.38. The molecule has 1 rings (SSSR count). The van der Waals surface area contributed by atoms with Gasteiger partial charge in [0.2, 0.25) is 0 Å². The molecular weight excluding hydrogens is 229 g/mol. The third kappa shape index (κ3) is 2.39. The average molecular weight is 235 g/mol. The number of benzene rings is 1. The van der Waals surface area contributed by atoms with E-state index in [1.54, 1.807) is 0 Å². The third-order valence-electron chi connectivity index (χ3n) is 1.75. The Bertz CT molecular complexity index is 410. The van der Waals surface area contributed by atoms with Crippen LogP contribution in [0.3, 0.4) is 0 Å². The molecule has 1 aromatic rings. The molecule has 1 nitrogen and oxygen atoms in total. The minimum absolute atomic E-state index is 0.193. The van der Waals surface area contributed by atoms with E-state index in [1.165, 1.54) is 6.07 Å². The van der Waals surface area contributed by atoms with Crippen LogP contribution in [0.4, 0.5) is 13.2 Å². The summed E-state index contributed by atoms with van der Waals surface area (Å²) >= 11 is 5.48. The predicted molar refractivity (Wildman–Crippen MR) is 51.0 cm³/mol. The summed E-state index contributed by atoms with van der Waals surface area (Å²) in [5.41, 5.74) is -1.21. The van der Waals surface area contributed by atoms with Gasteiger partial charge in [0.25, 0.3) is 0 Å². The summed E-state index contributed by atoms with van der Waals surface area (Å²) in [5.74, 6) is -0.633. The summed E-state index contributed by atoms with van der Waals surface area (Å²) in [5, 5.41) is -0.588. The van der Waals surface area contributed by atoms with E-state index in [-0.39, 0.29) is 5.56 Å². The predicted octanol–water partition coefficient (Wildman–Crippen LogP) is 3.73. The van der Waals surface area contributed by atoms with Crippen molar-refractivity contribution in [3.63, 3.8) is 0 Å². The first-order valence-electron chi connectivity index (χ1n) is 3.90. The second kappa shape index (κ2) is 4.06. The van der Waals surface area contributed by atoms with Gasteiger partial charge in [-0.3, -0.25) is 4.79 Å². The van der Waals surface area contributed by atoms with Crippen molar-refractivity contribution in [2.75, 3.05) is 0 Å². The maximum atomic E-state index is 12.4. The van der Waals surface area contributed by atoms with E-state index in [2.05, 4.69) is 6.58 Å². The topological polar surface area (TPSA) is 17.1 Å². The Kier molecular flexibility index (Phi) is 3.19. The van der Waals surface area contributed by atoms with Crippen molar-refractivity contribution < 1.29 is 18.0 Å². The molecule has 0 unspecified atom stereocenters. The molecule has 0 aromatic heterocycles. The Morgan fingerprint density at radius 2 is 2.00 bits per heavy atom. The Morgan fingerprint density at radius 1 is 1.40 bits per heavy atom. The van der Waals surface area contributed by atoms with Gasteiger partial charge in [-0.2, -0.15) is 13.2 Å². The molecule has 0 bridgehead atoms. The van der Waals surface area contributed by atoms with E-state index in [0.717, 1.165) is 18.2 Å². The van der Waals surface area contributed by atoms with Gasteiger partial charge in [-0.15, -0.1) is 0 Å². The second-order valence-corrected chi connectivity index (χ2v) is 3.11. The van der Waals surface area contributed by atoms with E-state index in [1.807, 2.05) is 0 Å². The first kappa shape index (κ1) is 11.8. The standard InChI is InChI=1S/C10H6ClF3O/c1-2-8(15)6-4-3-5-7(9(6)11)10(12,13)14/h2-5H,1H2. The third-order valence-corrected chi connectivity index (χ3v) is 2.16. The highest BCUT2D eigenvalue weighted by Gasteiger charge is 2.34. The molecule has 0 saturated carbocycles. The molecular formula is C10H6ClF3O. The van der Waals surface area contributed by atoms with Gasteiger partial charge in [0, 0.05) is 5.56 Å².